The summed E-state index contributed by atoms with van der Waals surface area (Å²) in [6, 6.07) is 0.449. The number of aromatic nitrogens is 2. The number of hydrogen-bond donors (Lipinski definition) is 0. The zero-order valence-corrected chi connectivity index (χ0v) is 11.9. The first kappa shape index (κ1) is 12.6. The lowest BCUT2D eigenvalue weighted by atomic mass is 10.2. The summed E-state index contributed by atoms with van der Waals surface area (Å²) in [5.41, 5.74) is 1.67. The second kappa shape index (κ2) is 5.21. The van der Waals surface area contributed by atoms with Crippen molar-refractivity contribution in [3.8, 4) is 0 Å². The molecule has 1 aromatic rings. The van der Waals surface area contributed by atoms with Crippen LogP contribution >= 0.6 is 15.9 Å². The van der Waals surface area contributed by atoms with Crippen LogP contribution in [0.2, 0.25) is 0 Å². The Balaban J connectivity index is 2.21. The smallest absolute Gasteiger partial charge is 0.257 e. The molecule has 17 heavy (non-hydrogen) atoms. The van der Waals surface area contributed by atoms with Crippen LogP contribution in [-0.2, 0) is 13.5 Å². The molecule has 1 amide bonds. The summed E-state index contributed by atoms with van der Waals surface area (Å²) in [5, 5.41) is 5.16. The maximum Gasteiger partial charge on any atom is 0.257 e. The summed E-state index contributed by atoms with van der Waals surface area (Å²) < 4.78 is 1.73. The number of carbonyl (C=O) groups excluding carboxylic acids is 1. The Labute approximate surface area is 110 Å². The topological polar surface area (TPSA) is 38.1 Å². The number of alkyl halides is 1. The normalized spacial score (nSPS) is 15.0. The molecule has 1 aliphatic rings. The molecule has 0 aliphatic heterocycles. The first-order chi connectivity index (χ1) is 8.17. The highest BCUT2D eigenvalue weighted by Crippen LogP contribution is 2.28. The summed E-state index contributed by atoms with van der Waals surface area (Å²) in [6.07, 6.45) is 4.92. The highest BCUT2D eigenvalue weighted by Gasteiger charge is 2.33. The van der Waals surface area contributed by atoms with Crippen molar-refractivity contribution in [3.63, 3.8) is 0 Å². The van der Waals surface area contributed by atoms with Gasteiger partial charge in [0.05, 0.1) is 11.3 Å². The number of hydrogen-bond acceptors (Lipinski definition) is 2. The second-order valence-corrected chi connectivity index (χ2v) is 5.23. The summed E-state index contributed by atoms with van der Waals surface area (Å²) in [6.45, 7) is 2.81. The van der Waals surface area contributed by atoms with E-state index in [0.717, 1.165) is 42.4 Å². The van der Waals surface area contributed by atoms with Gasteiger partial charge in [-0.2, -0.15) is 5.10 Å². The predicted molar refractivity (Wildman–Crippen MR) is 70.4 cm³/mol. The lowest BCUT2D eigenvalue weighted by Gasteiger charge is -2.21. The van der Waals surface area contributed by atoms with Crippen molar-refractivity contribution in [2.45, 2.75) is 32.2 Å². The lowest BCUT2D eigenvalue weighted by molar-refractivity contribution is 0.0753. The number of halogens is 1. The zero-order chi connectivity index (χ0) is 12.4. The molecule has 0 spiro atoms. The van der Waals surface area contributed by atoms with Crippen LogP contribution in [0.25, 0.3) is 0 Å². The number of aryl methyl sites for hydroxylation is 2. The molecule has 1 heterocycles. The Morgan fingerprint density at radius 2 is 2.35 bits per heavy atom. The first-order valence-corrected chi connectivity index (χ1v) is 7.19. The van der Waals surface area contributed by atoms with Gasteiger partial charge < -0.3 is 4.90 Å². The molecule has 5 heteroatoms. The molecular weight excluding hydrogens is 282 g/mol. The van der Waals surface area contributed by atoms with Crippen LogP contribution in [0.5, 0.6) is 0 Å². The van der Waals surface area contributed by atoms with Crippen LogP contribution in [0, 0.1) is 0 Å². The van der Waals surface area contributed by atoms with Gasteiger partial charge in [-0.3, -0.25) is 9.48 Å². The summed E-state index contributed by atoms with van der Waals surface area (Å²) in [7, 11) is 1.86. The molecule has 0 bridgehead atoms. The van der Waals surface area contributed by atoms with E-state index in [2.05, 4.69) is 21.0 Å². The fourth-order valence-corrected chi connectivity index (χ4v) is 2.44. The van der Waals surface area contributed by atoms with E-state index >= 15 is 0 Å². The standard InChI is InChI=1S/C12H18BrN3O/c1-3-11-10(8-15(2)14-11)12(17)16(7-6-13)9-4-5-9/h8-9H,3-7H2,1-2H3. The van der Waals surface area contributed by atoms with E-state index < -0.39 is 0 Å². The minimum absolute atomic E-state index is 0.136. The minimum Gasteiger partial charge on any atom is -0.335 e. The molecule has 0 aromatic carbocycles. The maximum atomic E-state index is 12.5. The van der Waals surface area contributed by atoms with Crippen molar-refractivity contribution in [1.82, 2.24) is 14.7 Å². The lowest BCUT2D eigenvalue weighted by Crippen LogP contribution is -2.35. The maximum absolute atomic E-state index is 12.5. The number of rotatable bonds is 5. The average molecular weight is 300 g/mol. The third-order valence-electron chi connectivity index (χ3n) is 3.04. The number of amides is 1. The molecule has 0 saturated heterocycles. The van der Waals surface area contributed by atoms with E-state index in [1.165, 1.54) is 0 Å². The predicted octanol–water partition coefficient (Wildman–Crippen LogP) is 1.98. The van der Waals surface area contributed by atoms with Crippen LogP contribution in [0.1, 0.15) is 35.8 Å². The largest absolute Gasteiger partial charge is 0.335 e. The highest BCUT2D eigenvalue weighted by molar-refractivity contribution is 9.09. The van der Waals surface area contributed by atoms with Crippen LogP contribution in [0.3, 0.4) is 0 Å². The SMILES string of the molecule is CCc1nn(C)cc1C(=O)N(CCBr)C1CC1. The van der Waals surface area contributed by atoms with Crippen molar-refractivity contribution in [1.29, 1.82) is 0 Å². The van der Waals surface area contributed by atoms with Crippen molar-refractivity contribution in [2.75, 3.05) is 11.9 Å². The summed E-state index contributed by atoms with van der Waals surface area (Å²) in [4.78, 5) is 14.4. The van der Waals surface area contributed by atoms with E-state index in [9.17, 15) is 4.79 Å². The third kappa shape index (κ3) is 2.70. The fraction of sp³-hybridized carbons (Fsp3) is 0.667. The van der Waals surface area contributed by atoms with Gasteiger partial charge in [0.15, 0.2) is 0 Å². The quantitative estimate of drug-likeness (QED) is 0.780. The van der Waals surface area contributed by atoms with Gasteiger partial charge in [0.1, 0.15) is 0 Å². The van der Waals surface area contributed by atoms with E-state index in [0.29, 0.717) is 6.04 Å². The van der Waals surface area contributed by atoms with Gasteiger partial charge in [-0.25, -0.2) is 0 Å². The Kier molecular flexibility index (Phi) is 3.86. The van der Waals surface area contributed by atoms with E-state index in [1.54, 1.807) is 4.68 Å². The van der Waals surface area contributed by atoms with Crippen molar-refractivity contribution < 1.29 is 4.79 Å². The van der Waals surface area contributed by atoms with E-state index in [-0.39, 0.29) is 5.91 Å². The molecule has 1 aromatic heterocycles. The van der Waals surface area contributed by atoms with E-state index in [1.807, 2.05) is 25.1 Å². The Hall–Kier alpha value is -0.840. The van der Waals surface area contributed by atoms with Crippen molar-refractivity contribution in [3.05, 3.63) is 17.5 Å². The van der Waals surface area contributed by atoms with Crippen molar-refractivity contribution in [2.24, 2.45) is 7.05 Å². The molecule has 0 radical (unpaired) electrons. The molecule has 0 atom stereocenters. The van der Waals surface area contributed by atoms with Gasteiger partial charge in [0.25, 0.3) is 5.91 Å². The van der Waals surface area contributed by atoms with Gasteiger partial charge >= 0.3 is 0 Å². The molecular formula is C12H18BrN3O. The zero-order valence-electron chi connectivity index (χ0n) is 10.3. The van der Waals surface area contributed by atoms with Crippen LogP contribution in [-0.4, -0.2) is 38.5 Å². The highest BCUT2D eigenvalue weighted by atomic mass is 79.9. The Morgan fingerprint density at radius 3 is 2.88 bits per heavy atom. The Morgan fingerprint density at radius 1 is 1.65 bits per heavy atom. The number of nitrogens with zero attached hydrogens (tertiary/aromatic N) is 3. The molecule has 0 unspecified atom stereocenters. The molecule has 1 saturated carbocycles. The first-order valence-electron chi connectivity index (χ1n) is 6.06. The summed E-state index contributed by atoms with van der Waals surface area (Å²) in [5.74, 6) is 0.136. The van der Waals surface area contributed by atoms with E-state index in [4.69, 9.17) is 0 Å². The molecule has 1 aliphatic carbocycles. The second-order valence-electron chi connectivity index (χ2n) is 4.44. The molecule has 0 N–H and O–H groups in total. The van der Waals surface area contributed by atoms with Crippen molar-refractivity contribution >= 4 is 21.8 Å². The number of carbonyl (C=O) groups is 1. The third-order valence-corrected chi connectivity index (χ3v) is 3.40. The Bertz CT molecular complexity index is 412. The van der Waals surface area contributed by atoms with Crippen LogP contribution in [0.4, 0.5) is 0 Å². The molecule has 2 rings (SSSR count). The van der Waals surface area contributed by atoms with Gasteiger partial charge in [0.2, 0.25) is 0 Å². The fourth-order valence-electron chi connectivity index (χ4n) is 2.06. The molecule has 1 fully saturated rings. The van der Waals surface area contributed by atoms with Gasteiger partial charge in [-0.15, -0.1) is 0 Å². The molecule has 94 valence electrons. The molecule has 4 nitrogen and oxygen atoms in total. The van der Waals surface area contributed by atoms with Crippen LogP contribution < -0.4 is 0 Å². The summed E-state index contributed by atoms with van der Waals surface area (Å²) >= 11 is 3.41. The minimum atomic E-state index is 0.136. The average Bonchev–Trinajstić information content (AvgIpc) is 3.08. The van der Waals surface area contributed by atoms with Crippen LogP contribution in [0.15, 0.2) is 6.20 Å². The monoisotopic (exact) mass is 299 g/mol. The van der Waals surface area contributed by atoms with Gasteiger partial charge in [-0.1, -0.05) is 22.9 Å². The van der Waals surface area contributed by atoms with Gasteiger partial charge in [0, 0.05) is 31.2 Å². The van der Waals surface area contributed by atoms with Gasteiger partial charge in [-0.05, 0) is 19.3 Å².